The van der Waals surface area contributed by atoms with E-state index in [9.17, 15) is 4.79 Å². The van der Waals surface area contributed by atoms with E-state index >= 15 is 0 Å². The van der Waals surface area contributed by atoms with Crippen LogP contribution in [0.1, 0.15) is 19.7 Å². The molecule has 0 bridgehead atoms. The number of carbonyl (C=O) groups excluding carboxylic acids is 1. The smallest absolute Gasteiger partial charge is 0.236 e. The fourth-order valence-corrected chi connectivity index (χ4v) is 3.05. The summed E-state index contributed by atoms with van der Waals surface area (Å²) in [6.07, 6.45) is 0.0268. The van der Waals surface area contributed by atoms with Crippen LogP contribution in [0.3, 0.4) is 0 Å². The van der Waals surface area contributed by atoms with Gasteiger partial charge in [0.2, 0.25) is 11.1 Å². The largest absolute Gasteiger partial charge is 0.490 e. The van der Waals surface area contributed by atoms with Gasteiger partial charge in [-0.05, 0) is 32.9 Å². The lowest BCUT2D eigenvalue weighted by Gasteiger charge is -2.11. The van der Waals surface area contributed by atoms with Crippen LogP contribution in [0.15, 0.2) is 23.4 Å². The van der Waals surface area contributed by atoms with E-state index in [0.717, 1.165) is 10.9 Å². The number of aromatic amines is 1. The Morgan fingerprint density at radius 1 is 1.44 bits per heavy atom. The number of anilines is 1. The average molecular weight is 360 g/mol. The van der Waals surface area contributed by atoms with E-state index in [1.807, 2.05) is 46.0 Å². The number of rotatable bonds is 6. The lowest BCUT2D eigenvalue weighted by atomic mass is 10.2. The van der Waals surface area contributed by atoms with Crippen LogP contribution in [0.2, 0.25) is 0 Å². The Hall–Kier alpha value is -2.55. The molecule has 1 aromatic carbocycles. The molecule has 0 aliphatic heterocycles. The van der Waals surface area contributed by atoms with E-state index in [1.165, 1.54) is 11.8 Å². The molecule has 3 aromatic rings. The summed E-state index contributed by atoms with van der Waals surface area (Å²) in [5.41, 5.74) is 0.894. The third-order valence-electron chi connectivity index (χ3n) is 3.37. The quantitative estimate of drug-likeness (QED) is 0.656. The number of hydrogen-bond acceptors (Lipinski definition) is 6. The number of thioether (sulfide) groups is 1. The van der Waals surface area contributed by atoms with Crippen molar-refractivity contribution in [1.29, 1.82) is 0 Å². The fourth-order valence-electron chi connectivity index (χ4n) is 2.41. The minimum Gasteiger partial charge on any atom is -0.490 e. The number of H-pyrrole nitrogens is 1. The molecule has 2 N–H and O–H groups in total. The van der Waals surface area contributed by atoms with Crippen LogP contribution in [0.4, 0.5) is 5.82 Å². The molecule has 8 nitrogen and oxygen atoms in total. The first kappa shape index (κ1) is 17.3. The Morgan fingerprint density at radius 2 is 2.24 bits per heavy atom. The molecular formula is C16H20N6O2S. The van der Waals surface area contributed by atoms with Gasteiger partial charge in [-0.3, -0.25) is 14.6 Å². The standard InChI is InChI=1S/C16H20N6O2S/c1-9(2)24-12-7-5-6-11-14(12)15(21-22(11)4)18-13(23)8-25-16-17-10(3)19-20-16/h5-7,9H,8H2,1-4H3,(H,17,19,20)(H,18,21,23). The number of hydrogen-bond donors (Lipinski definition) is 2. The Labute approximate surface area is 149 Å². The zero-order valence-electron chi connectivity index (χ0n) is 14.5. The molecule has 9 heteroatoms. The van der Waals surface area contributed by atoms with Gasteiger partial charge in [0.1, 0.15) is 11.6 Å². The van der Waals surface area contributed by atoms with Crippen molar-refractivity contribution in [3.8, 4) is 5.75 Å². The van der Waals surface area contributed by atoms with E-state index < -0.39 is 0 Å². The molecule has 132 valence electrons. The maximum absolute atomic E-state index is 12.3. The maximum Gasteiger partial charge on any atom is 0.236 e. The van der Waals surface area contributed by atoms with Gasteiger partial charge in [0.15, 0.2) is 5.82 Å². The predicted molar refractivity (Wildman–Crippen MR) is 97.0 cm³/mol. The zero-order chi connectivity index (χ0) is 18.0. The van der Waals surface area contributed by atoms with Crippen LogP contribution in [0.25, 0.3) is 10.9 Å². The van der Waals surface area contributed by atoms with Crippen LogP contribution in [0.5, 0.6) is 5.75 Å². The van der Waals surface area contributed by atoms with E-state index in [1.54, 1.807) is 4.68 Å². The Kier molecular flexibility index (Phi) is 4.93. The first-order valence-corrected chi connectivity index (χ1v) is 8.86. The summed E-state index contributed by atoms with van der Waals surface area (Å²) in [4.78, 5) is 16.5. The first-order valence-electron chi connectivity index (χ1n) is 7.88. The number of nitrogens with zero attached hydrogens (tertiary/aromatic N) is 4. The van der Waals surface area contributed by atoms with Crippen molar-refractivity contribution in [2.45, 2.75) is 32.0 Å². The molecule has 2 aromatic heterocycles. The van der Waals surface area contributed by atoms with Crippen molar-refractivity contribution < 1.29 is 9.53 Å². The second kappa shape index (κ2) is 7.14. The molecular weight excluding hydrogens is 340 g/mol. The molecule has 0 saturated carbocycles. The summed E-state index contributed by atoms with van der Waals surface area (Å²) in [6.45, 7) is 5.74. The third-order valence-corrected chi connectivity index (χ3v) is 4.22. The number of benzene rings is 1. The van der Waals surface area contributed by atoms with Crippen molar-refractivity contribution in [3.63, 3.8) is 0 Å². The highest BCUT2D eigenvalue weighted by Gasteiger charge is 2.17. The number of amides is 1. The van der Waals surface area contributed by atoms with Gasteiger partial charge in [-0.25, -0.2) is 4.98 Å². The number of carbonyl (C=O) groups is 1. The summed E-state index contributed by atoms with van der Waals surface area (Å²) < 4.78 is 7.59. The maximum atomic E-state index is 12.3. The van der Waals surface area contributed by atoms with Gasteiger partial charge in [-0.1, -0.05) is 17.8 Å². The SMILES string of the molecule is Cc1nc(SCC(=O)Nc2nn(C)c3cccc(OC(C)C)c23)n[nH]1. The minimum atomic E-state index is -0.174. The molecule has 25 heavy (non-hydrogen) atoms. The molecule has 2 heterocycles. The van der Waals surface area contributed by atoms with Gasteiger partial charge < -0.3 is 10.1 Å². The van der Waals surface area contributed by atoms with Gasteiger partial charge in [0, 0.05) is 7.05 Å². The summed E-state index contributed by atoms with van der Waals surface area (Å²) in [5.74, 6) is 1.93. The molecule has 0 unspecified atom stereocenters. The van der Waals surface area contributed by atoms with E-state index in [-0.39, 0.29) is 17.8 Å². The molecule has 0 spiro atoms. The van der Waals surface area contributed by atoms with Crippen molar-refractivity contribution in [3.05, 3.63) is 24.0 Å². The van der Waals surface area contributed by atoms with E-state index in [4.69, 9.17) is 4.74 Å². The lowest BCUT2D eigenvalue weighted by Crippen LogP contribution is -2.15. The number of aryl methyl sites for hydroxylation is 2. The van der Waals surface area contributed by atoms with Gasteiger partial charge in [0.25, 0.3) is 0 Å². The van der Waals surface area contributed by atoms with Crippen LogP contribution in [0, 0.1) is 6.92 Å². The summed E-state index contributed by atoms with van der Waals surface area (Å²) in [5, 5.41) is 15.4. The minimum absolute atomic E-state index is 0.0268. The summed E-state index contributed by atoms with van der Waals surface area (Å²) in [7, 11) is 1.84. The van der Waals surface area contributed by atoms with E-state index in [2.05, 4.69) is 25.6 Å². The highest BCUT2D eigenvalue weighted by Crippen LogP contribution is 2.32. The van der Waals surface area contributed by atoms with Crippen molar-refractivity contribution in [2.75, 3.05) is 11.1 Å². The molecule has 0 aliphatic carbocycles. The van der Waals surface area contributed by atoms with Crippen molar-refractivity contribution >= 4 is 34.4 Å². The molecule has 0 aliphatic rings. The van der Waals surface area contributed by atoms with Gasteiger partial charge in [-0.2, -0.15) is 5.10 Å². The molecule has 0 fully saturated rings. The number of aromatic nitrogens is 5. The van der Waals surface area contributed by atoms with Crippen LogP contribution in [-0.2, 0) is 11.8 Å². The van der Waals surface area contributed by atoms with E-state index in [0.29, 0.717) is 22.5 Å². The average Bonchev–Trinajstić information content (AvgIpc) is 3.10. The molecule has 0 radical (unpaired) electrons. The topological polar surface area (TPSA) is 97.7 Å². The molecule has 1 amide bonds. The van der Waals surface area contributed by atoms with Crippen molar-refractivity contribution in [2.24, 2.45) is 7.05 Å². The summed E-state index contributed by atoms with van der Waals surface area (Å²) >= 11 is 1.26. The van der Waals surface area contributed by atoms with Crippen LogP contribution < -0.4 is 10.1 Å². The second-order valence-electron chi connectivity index (χ2n) is 5.83. The van der Waals surface area contributed by atoms with Crippen LogP contribution in [-0.4, -0.2) is 42.7 Å². The van der Waals surface area contributed by atoms with Crippen molar-refractivity contribution in [1.82, 2.24) is 25.0 Å². The normalized spacial score (nSPS) is 11.2. The zero-order valence-corrected chi connectivity index (χ0v) is 15.3. The Balaban J connectivity index is 1.79. The highest BCUT2D eigenvalue weighted by molar-refractivity contribution is 7.99. The van der Waals surface area contributed by atoms with Gasteiger partial charge in [0.05, 0.1) is 22.8 Å². The number of fused-ring (bicyclic) bond motifs is 1. The van der Waals surface area contributed by atoms with Crippen LogP contribution >= 0.6 is 11.8 Å². The van der Waals surface area contributed by atoms with Gasteiger partial charge in [-0.15, -0.1) is 5.10 Å². The highest BCUT2D eigenvalue weighted by atomic mass is 32.2. The monoisotopic (exact) mass is 360 g/mol. The Morgan fingerprint density at radius 3 is 2.92 bits per heavy atom. The molecule has 0 atom stereocenters. The number of nitrogens with one attached hydrogen (secondary N) is 2. The lowest BCUT2D eigenvalue weighted by molar-refractivity contribution is -0.113. The Bertz CT molecular complexity index is 901. The third kappa shape index (κ3) is 3.93. The molecule has 0 saturated heterocycles. The predicted octanol–water partition coefficient (Wildman–Crippen LogP) is 2.52. The second-order valence-corrected chi connectivity index (χ2v) is 6.77. The fraction of sp³-hybridized carbons (Fsp3) is 0.375. The molecule has 3 rings (SSSR count). The van der Waals surface area contributed by atoms with Gasteiger partial charge >= 0.3 is 0 Å². The first-order chi connectivity index (χ1) is 11.9. The summed E-state index contributed by atoms with van der Waals surface area (Å²) in [6, 6.07) is 5.73. The number of ether oxygens (including phenoxy) is 1.